The molecule has 0 fully saturated rings. The highest BCUT2D eigenvalue weighted by atomic mass is 32.1. The molecule has 0 saturated carbocycles. The van der Waals surface area contributed by atoms with Crippen LogP contribution in [0.4, 0.5) is 5.13 Å². The number of fused-ring (bicyclic) bond motifs is 1. The summed E-state index contributed by atoms with van der Waals surface area (Å²) in [4.78, 5) is 42.8. The van der Waals surface area contributed by atoms with E-state index in [0.29, 0.717) is 33.6 Å². The predicted molar refractivity (Wildman–Crippen MR) is 140 cm³/mol. The molecule has 3 heterocycles. The number of amides is 2. The number of carbonyl (C=O) groups is 2. The SMILES string of the molecule is Cc1nccc(-c2cccc(-c3csc(NC(=O)CNC(=O)c4ccc5c(c4)[C@@](C)(C#N)CC5)n3)n2)n1. The van der Waals surface area contributed by atoms with Gasteiger partial charge in [-0.25, -0.2) is 19.9 Å². The lowest BCUT2D eigenvalue weighted by Gasteiger charge is -2.16. The van der Waals surface area contributed by atoms with Crippen LogP contribution in [0.25, 0.3) is 22.8 Å². The van der Waals surface area contributed by atoms with Crippen molar-refractivity contribution in [3.8, 4) is 28.8 Å². The standard InChI is InChI=1S/C27H23N7O2S/c1-16-29-11-9-22(31-16)20-4-3-5-21(32-20)23-14-37-26(33-23)34-24(35)13-30-25(36)18-7-6-17-8-10-27(2,15-28)19(17)12-18/h3-7,9,11-12,14H,8,10,13H2,1-2H3,(H,30,36)(H,33,34,35)/t27-/m1/s1. The molecule has 1 aliphatic carbocycles. The molecule has 5 rings (SSSR count). The van der Waals surface area contributed by atoms with Crippen molar-refractivity contribution in [1.29, 1.82) is 5.26 Å². The predicted octanol–water partition coefficient (Wildman–Crippen LogP) is 4.07. The Labute approximate surface area is 217 Å². The summed E-state index contributed by atoms with van der Waals surface area (Å²) in [6.07, 6.45) is 3.25. The fourth-order valence-corrected chi connectivity index (χ4v) is 5.00. The number of aromatic nitrogens is 4. The fourth-order valence-electron chi connectivity index (χ4n) is 4.28. The molecule has 37 heavy (non-hydrogen) atoms. The van der Waals surface area contributed by atoms with Crippen molar-refractivity contribution in [2.24, 2.45) is 0 Å². The van der Waals surface area contributed by atoms with E-state index in [0.717, 1.165) is 29.7 Å². The third kappa shape index (κ3) is 5.08. The lowest BCUT2D eigenvalue weighted by molar-refractivity contribution is -0.115. The Hall–Kier alpha value is -4.49. The van der Waals surface area contributed by atoms with Crippen molar-refractivity contribution >= 4 is 28.3 Å². The van der Waals surface area contributed by atoms with Crippen molar-refractivity contribution < 1.29 is 9.59 Å². The second kappa shape index (κ2) is 9.87. The zero-order valence-electron chi connectivity index (χ0n) is 20.3. The summed E-state index contributed by atoms with van der Waals surface area (Å²) in [5, 5.41) is 17.1. The molecule has 9 nitrogen and oxygen atoms in total. The Morgan fingerprint density at radius 2 is 1.86 bits per heavy atom. The van der Waals surface area contributed by atoms with E-state index in [2.05, 4.69) is 36.6 Å². The van der Waals surface area contributed by atoms with Gasteiger partial charge in [0.25, 0.3) is 5.91 Å². The molecule has 0 bridgehead atoms. The Kier molecular flexibility index (Phi) is 6.46. The number of nitrogens with zero attached hydrogens (tertiary/aromatic N) is 5. The van der Waals surface area contributed by atoms with E-state index >= 15 is 0 Å². The number of aryl methyl sites for hydroxylation is 2. The quantitative estimate of drug-likeness (QED) is 0.400. The van der Waals surface area contributed by atoms with E-state index < -0.39 is 11.3 Å². The highest BCUT2D eigenvalue weighted by molar-refractivity contribution is 7.14. The van der Waals surface area contributed by atoms with Crippen LogP contribution < -0.4 is 10.6 Å². The molecule has 2 N–H and O–H groups in total. The van der Waals surface area contributed by atoms with Gasteiger partial charge >= 0.3 is 0 Å². The van der Waals surface area contributed by atoms with E-state index in [1.807, 2.05) is 43.5 Å². The van der Waals surface area contributed by atoms with Crippen molar-refractivity contribution in [3.63, 3.8) is 0 Å². The van der Waals surface area contributed by atoms with E-state index in [4.69, 9.17) is 0 Å². The second-order valence-corrected chi connectivity index (χ2v) is 9.84. The summed E-state index contributed by atoms with van der Waals surface area (Å²) in [5.74, 6) is -0.103. The summed E-state index contributed by atoms with van der Waals surface area (Å²) in [6.45, 7) is 3.50. The number of benzene rings is 1. The van der Waals surface area contributed by atoms with Gasteiger partial charge < -0.3 is 10.6 Å². The van der Waals surface area contributed by atoms with Crippen molar-refractivity contribution in [3.05, 3.63) is 76.6 Å². The van der Waals surface area contributed by atoms with Crippen LogP contribution in [0, 0.1) is 18.3 Å². The fraction of sp³-hybridized carbons (Fsp3) is 0.222. The van der Waals surface area contributed by atoms with Crippen LogP contribution in [0.15, 0.2) is 54.0 Å². The lowest BCUT2D eigenvalue weighted by Crippen LogP contribution is -2.33. The third-order valence-electron chi connectivity index (χ3n) is 6.32. The van der Waals surface area contributed by atoms with Gasteiger partial charge in [0.2, 0.25) is 5.91 Å². The van der Waals surface area contributed by atoms with Crippen molar-refractivity contribution in [2.45, 2.75) is 32.1 Å². The normalized spacial score (nSPS) is 16.0. The maximum Gasteiger partial charge on any atom is 0.251 e. The summed E-state index contributed by atoms with van der Waals surface area (Å²) < 4.78 is 0. The molecule has 3 aromatic heterocycles. The molecule has 0 saturated heterocycles. The first-order chi connectivity index (χ1) is 17.8. The molecule has 1 aromatic carbocycles. The number of anilines is 1. The zero-order valence-corrected chi connectivity index (χ0v) is 21.1. The molecule has 2 amide bonds. The summed E-state index contributed by atoms with van der Waals surface area (Å²) >= 11 is 1.27. The van der Waals surface area contributed by atoms with Gasteiger partial charge in [0.05, 0.1) is 35.1 Å². The minimum absolute atomic E-state index is 0.207. The van der Waals surface area contributed by atoms with Gasteiger partial charge in [-0.3, -0.25) is 9.59 Å². The number of pyridine rings is 1. The average Bonchev–Trinajstić information content (AvgIpc) is 3.52. The average molecular weight is 510 g/mol. The third-order valence-corrected chi connectivity index (χ3v) is 7.08. The van der Waals surface area contributed by atoms with Crippen LogP contribution >= 0.6 is 11.3 Å². The van der Waals surface area contributed by atoms with Crippen LogP contribution in [0.2, 0.25) is 0 Å². The zero-order chi connectivity index (χ0) is 26.0. The lowest BCUT2D eigenvalue weighted by atomic mass is 9.85. The largest absolute Gasteiger partial charge is 0.343 e. The number of hydrogen-bond donors (Lipinski definition) is 2. The minimum atomic E-state index is -0.590. The minimum Gasteiger partial charge on any atom is -0.343 e. The number of carbonyl (C=O) groups excluding carboxylic acids is 2. The Morgan fingerprint density at radius 3 is 2.65 bits per heavy atom. The van der Waals surface area contributed by atoms with Gasteiger partial charge in [0, 0.05) is 17.1 Å². The van der Waals surface area contributed by atoms with Crippen LogP contribution in [0.3, 0.4) is 0 Å². The maximum atomic E-state index is 12.7. The number of hydrogen-bond acceptors (Lipinski definition) is 8. The van der Waals surface area contributed by atoms with E-state index in [1.54, 1.807) is 24.4 Å². The van der Waals surface area contributed by atoms with Crippen molar-refractivity contribution in [1.82, 2.24) is 25.3 Å². The molecular weight excluding hydrogens is 486 g/mol. The number of nitriles is 1. The smallest absolute Gasteiger partial charge is 0.251 e. The van der Waals surface area contributed by atoms with E-state index in [9.17, 15) is 14.9 Å². The molecule has 4 aromatic rings. The molecule has 0 aliphatic heterocycles. The van der Waals surface area contributed by atoms with Crippen LogP contribution in [-0.4, -0.2) is 38.3 Å². The number of thiazole rings is 1. The monoisotopic (exact) mass is 509 g/mol. The second-order valence-electron chi connectivity index (χ2n) is 8.98. The summed E-state index contributed by atoms with van der Waals surface area (Å²) in [6, 6.07) is 15.1. The molecule has 1 atom stereocenters. The Bertz CT molecular complexity index is 1560. The first-order valence-corrected chi connectivity index (χ1v) is 12.6. The molecule has 10 heteroatoms. The highest BCUT2D eigenvalue weighted by Gasteiger charge is 2.34. The number of nitrogens with one attached hydrogen (secondary N) is 2. The first kappa shape index (κ1) is 24.2. The molecule has 1 aliphatic rings. The summed E-state index contributed by atoms with van der Waals surface area (Å²) in [7, 11) is 0. The molecule has 0 unspecified atom stereocenters. The molecule has 184 valence electrons. The van der Waals surface area contributed by atoms with Crippen LogP contribution in [0.1, 0.15) is 40.7 Å². The van der Waals surface area contributed by atoms with Gasteiger partial charge in [0.1, 0.15) is 11.5 Å². The Balaban J connectivity index is 1.21. The topological polar surface area (TPSA) is 134 Å². The first-order valence-electron chi connectivity index (χ1n) is 11.7. The molecule has 0 spiro atoms. The number of rotatable bonds is 6. The van der Waals surface area contributed by atoms with Gasteiger partial charge in [-0.15, -0.1) is 11.3 Å². The molecular formula is C27H23N7O2S. The van der Waals surface area contributed by atoms with E-state index in [1.165, 1.54) is 11.3 Å². The van der Waals surface area contributed by atoms with E-state index in [-0.39, 0.29) is 12.5 Å². The maximum absolute atomic E-state index is 12.7. The van der Waals surface area contributed by atoms with Gasteiger partial charge in [-0.2, -0.15) is 5.26 Å². The Morgan fingerprint density at radius 1 is 1.08 bits per heavy atom. The van der Waals surface area contributed by atoms with Crippen LogP contribution in [0.5, 0.6) is 0 Å². The molecule has 0 radical (unpaired) electrons. The summed E-state index contributed by atoms with van der Waals surface area (Å²) in [5.41, 5.74) is 4.50. The van der Waals surface area contributed by atoms with Gasteiger partial charge in [-0.05, 0) is 68.1 Å². The van der Waals surface area contributed by atoms with Crippen LogP contribution in [-0.2, 0) is 16.6 Å². The van der Waals surface area contributed by atoms with Crippen molar-refractivity contribution in [2.75, 3.05) is 11.9 Å². The highest BCUT2D eigenvalue weighted by Crippen LogP contribution is 2.38. The van der Waals surface area contributed by atoms with Gasteiger partial charge in [-0.1, -0.05) is 12.1 Å². The van der Waals surface area contributed by atoms with Gasteiger partial charge in [0.15, 0.2) is 5.13 Å².